The number of benzene rings is 1. The van der Waals surface area contributed by atoms with Crippen LogP contribution in [0.15, 0.2) is 18.2 Å². The van der Waals surface area contributed by atoms with Crippen LogP contribution in [0, 0.1) is 0 Å². The largest absolute Gasteiger partial charge is 0.276 e. The number of rotatable bonds is 4. The maximum absolute atomic E-state index is 11.6. The quantitative estimate of drug-likeness (QED) is 0.802. The molecule has 0 aliphatic rings. The highest BCUT2D eigenvalue weighted by molar-refractivity contribution is 7.92. The number of hydrogen-bond donors (Lipinski definition) is 0. The highest BCUT2D eigenvalue weighted by atomic mass is 35.5. The summed E-state index contributed by atoms with van der Waals surface area (Å²) < 4.78 is 24.2. The van der Waals surface area contributed by atoms with E-state index < -0.39 is 15.3 Å². The minimum Gasteiger partial charge on any atom is -0.276 e. The maximum atomic E-state index is 11.6. The Kier molecular flexibility index (Phi) is 4.41. The number of anilines is 1. The lowest BCUT2D eigenvalue weighted by Crippen LogP contribution is -2.30. The minimum absolute atomic E-state index is 0.0754. The van der Waals surface area contributed by atoms with E-state index in [0.29, 0.717) is 5.02 Å². The van der Waals surface area contributed by atoms with Crippen LogP contribution < -0.4 is 4.31 Å². The number of carbonyl (C=O) groups excluding carboxylic acids is 1. The monoisotopic (exact) mass is 295 g/mol. The molecule has 17 heavy (non-hydrogen) atoms. The third kappa shape index (κ3) is 3.34. The minimum atomic E-state index is -3.46. The third-order valence-electron chi connectivity index (χ3n) is 2.13. The van der Waals surface area contributed by atoms with Crippen molar-refractivity contribution in [2.45, 2.75) is 6.92 Å². The summed E-state index contributed by atoms with van der Waals surface area (Å²) in [4.78, 5) is 11.3. The predicted octanol–water partition coefficient (Wildman–Crippen LogP) is 2.50. The van der Waals surface area contributed by atoms with Crippen molar-refractivity contribution in [2.24, 2.45) is 0 Å². The molecule has 0 fully saturated rings. The molecule has 0 radical (unpaired) electrons. The van der Waals surface area contributed by atoms with Crippen molar-refractivity contribution in [2.75, 3.05) is 17.1 Å². The van der Waals surface area contributed by atoms with Gasteiger partial charge in [-0.05, 0) is 36.7 Å². The van der Waals surface area contributed by atoms with E-state index in [4.69, 9.17) is 23.2 Å². The molecule has 0 heterocycles. The van der Waals surface area contributed by atoms with Crippen molar-refractivity contribution in [1.82, 2.24) is 0 Å². The normalized spacial score (nSPS) is 11.3. The summed E-state index contributed by atoms with van der Waals surface area (Å²) in [5.74, 6) is 0. The van der Waals surface area contributed by atoms with Crippen LogP contribution in [0.3, 0.4) is 0 Å². The van der Waals surface area contributed by atoms with Gasteiger partial charge < -0.3 is 0 Å². The molecule has 1 aromatic carbocycles. The molecule has 0 amide bonds. The van der Waals surface area contributed by atoms with E-state index in [2.05, 4.69) is 0 Å². The van der Waals surface area contributed by atoms with Gasteiger partial charge in [-0.1, -0.05) is 11.6 Å². The molecule has 0 aliphatic heterocycles. The summed E-state index contributed by atoms with van der Waals surface area (Å²) in [5, 5.41) is -0.424. The van der Waals surface area contributed by atoms with E-state index in [1.54, 1.807) is 6.92 Å². The average Bonchev–Trinajstić information content (AvgIpc) is 2.18. The Morgan fingerprint density at radius 3 is 2.41 bits per heavy atom. The van der Waals surface area contributed by atoms with Crippen LogP contribution in [0.5, 0.6) is 0 Å². The standard InChI is InChI=1S/C10H11Cl2NO3S/c1-3-13(17(2,15)16)9-5-4-7(11)6-8(9)10(12)14/h4-6H,3H2,1-2H3. The first-order valence-corrected chi connectivity index (χ1v) is 7.35. The average molecular weight is 296 g/mol. The molecule has 0 unspecified atom stereocenters. The van der Waals surface area contributed by atoms with Crippen LogP contribution in [-0.2, 0) is 10.0 Å². The molecule has 0 atom stereocenters. The molecule has 4 nitrogen and oxygen atoms in total. The lowest BCUT2D eigenvalue weighted by molar-refractivity contribution is 0.108. The van der Waals surface area contributed by atoms with Gasteiger partial charge in [0.1, 0.15) is 0 Å². The van der Waals surface area contributed by atoms with Crippen molar-refractivity contribution in [3.8, 4) is 0 Å². The van der Waals surface area contributed by atoms with Gasteiger partial charge in [-0.2, -0.15) is 0 Å². The Morgan fingerprint density at radius 2 is 2.00 bits per heavy atom. The van der Waals surface area contributed by atoms with Crippen LogP contribution in [0.25, 0.3) is 0 Å². The maximum Gasteiger partial charge on any atom is 0.254 e. The van der Waals surface area contributed by atoms with Crippen molar-refractivity contribution in [1.29, 1.82) is 0 Å². The number of halogens is 2. The lowest BCUT2D eigenvalue weighted by Gasteiger charge is -2.22. The summed E-state index contributed by atoms with van der Waals surface area (Å²) in [5.41, 5.74) is 0.311. The van der Waals surface area contributed by atoms with E-state index in [-0.39, 0.29) is 17.8 Å². The van der Waals surface area contributed by atoms with E-state index in [1.807, 2.05) is 0 Å². The number of sulfonamides is 1. The molecule has 0 aromatic heterocycles. The summed E-state index contributed by atoms with van der Waals surface area (Å²) in [6, 6.07) is 4.32. The summed E-state index contributed by atoms with van der Waals surface area (Å²) in [7, 11) is -3.46. The first-order chi connectivity index (χ1) is 7.77. The summed E-state index contributed by atoms with van der Waals surface area (Å²) in [6.45, 7) is 1.87. The number of nitrogens with zero attached hydrogens (tertiary/aromatic N) is 1. The van der Waals surface area contributed by atoms with E-state index in [9.17, 15) is 13.2 Å². The summed E-state index contributed by atoms with van der Waals surface area (Å²) >= 11 is 11.2. The highest BCUT2D eigenvalue weighted by Crippen LogP contribution is 2.27. The molecular weight excluding hydrogens is 285 g/mol. The zero-order valence-corrected chi connectivity index (χ0v) is 11.6. The molecule has 0 saturated heterocycles. The van der Waals surface area contributed by atoms with Crippen LogP contribution in [-0.4, -0.2) is 26.5 Å². The van der Waals surface area contributed by atoms with Crippen molar-refractivity contribution in [3.63, 3.8) is 0 Å². The third-order valence-corrected chi connectivity index (χ3v) is 3.82. The van der Waals surface area contributed by atoms with Gasteiger partial charge in [-0.15, -0.1) is 0 Å². The van der Waals surface area contributed by atoms with Crippen molar-refractivity contribution in [3.05, 3.63) is 28.8 Å². The second kappa shape index (κ2) is 5.25. The lowest BCUT2D eigenvalue weighted by atomic mass is 10.2. The molecule has 1 rings (SSSR count). The molecule has 1 aromatic rings. The van der Waals surface area contributed by atoms with Crippen LogP contribution >= 0.6 is 23.2 Å². The van der Waals surface area contributed by atoms with Gasteiger partial charge in [0, 0.05) is 11.6 Å². The fourth-order valence-electron chi connectivity index (χ4n) is 1.47. The Hall–Kier alpha value is -0.780. The fraction of sp³-hybridized carbons (Fsp3) is 0.300. The molecule has 0 aliphatic carbocycles. The first kappa shape index (κ1) is 14.3. The van der Waals surface area contributed by atoms with Gasteiger partial charge >= 0.3 is 0 Å². The zero-order valence-electron chi connectivity index (χ0n) is 9.28. The molecule has 0 saturated carbocycles. The van der Waals surface area contributed by atoms with Crippen LogP contribution in [0.2, 0.25) is 5.02 Å². The van der Waals surface area contributed by atoms with E-state index in [1.165, 1.54) is 18.2 Å². The zero-order chi connectivity index (χ0) is 13.2. The van der Waals surface area contributed by atoms with Crippen LogP contribution in [0.1, 0.15) is 17.3 Å². The number of hydrogen-bond acceptors (Lipinski definition) is 3. The van der Waals surface area contributed by atoms with E-state index in [0.717, 1.165) is 10.6 Å². The Bertz CT molecular complexity index is 542. The van der Waals surface area contributed by atoms with Gasteiger partial charge in [0.25, 0.3) is 5.24 Å². The van der Waals surface area contributed by atoms with Crippen molar-refractivity contribution < 1.29 is 13.2 Å². The highest BCUT2D eigenvalue weighted by Gasteiger charge is 2.21. The predicted molar refractivity (Wildman–Crippen MR) is 69.5 cm³/mol. The fourth-order valence-corrected chi connectivity index (χ4v) is 2.78. The molecule has 0 bridgehead atoms. The van der Waals surface area contributed by atoms with Gasteiger partial charge in [0.2, 0.25) is 10.0 Å². The first-order valence-electron chi connectivity index (χ1n) is 4.74. The Balaban J connectivity index is 3.44. The van der Waals surface area contributed by atoms with Gasteiger partial charge in [-0.25, -0.2) is 8.42 Å². The molecular formula is C10H11Cl2NO3S. The van der Waals surface area contributed by atoms with Gasteiger partial charge in [-0.3, -0.25) is 9.10 Å². The Morgan fingerprint density at radius 1 is 1.41 bits per heavy atom. The SMILES string of the molecule is CCN(c1ccc(Cl)cc1C(=O)Cl)S(C)(=O)=O. The van der Waals surface area contributed by atoms with E-state index >= 15 is 0 Å². The second-order valence-corrected chi connectivity index (χ2v) is 6.05. The molecule has 0 spiro atoms. The molecule has 7 heteroatoms. The van der Waals surface area contributed by atoms with Crippen molar-refractivity contribution >= 4 is 44.2 Å². The smallest absolute Gasteiger partial charge is 0.254 e. The summed E-state index contributed by atoms with van der Waals surface area (Å²) in [6.07, 6.45) is 1.06. The van der Waals surface area contributed by atoms with Gasteiger partial charge in [0.15, 0.2) is 0 Å². The second-order valence-electron chi connectivity index (χ2n) is 3.36. The topological polar surface area (TPSA) is 54.5 Å². The van der Waals surface area contributed by atoms with Crippen LogP contribution in [0.4, 0.5) is 5.69 Å². The molecule has 94 valence electrons. The molecule has 0 N–H and O–H groups in total. The number of carbonyl (C=O) groups is 1. The van der Waals surface area contributed by atoms with Gasteiger partial charge in [0.05, 0.1) is 17.5 Å². The Labute approximate surface area is 110 Å².